The van der Waals surface area contributed by atoms with Gasteiger partial charge in [0.2, 0.25) is 0 Å². The Morgan fingerprint density at radius 3 is 3.28 bits per heavy atom. The molecule has 6 heteroatoms. The number of rotatable bonds is 4. The molecule has 0 fully saturated rings. The Labute approximate surface area is 112 Å². The van der Waals surface area contributed by atoms with Crippen molar-refractivity contribution in [1.82, 2.24) is 9.38 Å². The maximum absolute atomic E-state index is 11.8. The molecule has 0 saturated carbocycles. The number of unbranched alkanes of at least 4 members (excludes halogenated alkanes) is 1. The first kappa shape index (κ1) is 11.7. The number of hydrogen-bond donors (Lipinski definition) is 0. The van der Waals surface area contributed by atoms with Crippen LogP contribution in [0.2, 0.25) is 0 Å². The molecular formula is C12H12N2O2S2. The fourth-order valence-electron chi connectivity index (χ4n) is 1.73. The molecule has 0 spiro atoms. The third kappa shape index (κ3) is 1.91. The van der Waals surface area contributed by atoms with Crippen LogP contribution < -0.4 is 0 Å². The molecule has 0 N–H and O–H groups in total. The number of carbonyl (C=O) groups excluding carboxylic acids is 1. The highest BCUT2D eigenvalue weighted by atomic mass is 32.1. The molecule has 0 amide bonds. The van der Waals surface area contributed by atoms with Gasteiger partial charge in [0.25, 0.3) is 0 Å². The number of thiophene rings is 1. The van der Waals surface area contributed by atoms with E-state index in [0.717, 1.165) is 28.1 Å². The summed E-state index contributed by atoms with van der Waals surface area (Å²) in [6.45, 7) is 2.56. The van der Waals surface area contributed by atoms with E-state index < -0.39 is 0 Å². The van der Waals surface area contributed by atoms with Gasteiger partial charge in [-0.15, -0.1) is 22.7 Å². The van der Waals surface area contributed by atoms with Gasteiger partial charge in [0, 0.05) is 11.6 Å². The van der Waals surface area contributed by atoms with Crippen molar-refractivity contribution in [3.63, 3.8) is 0 Å². The number of imidazole rings is 1. The topological polar surface area (TPSA) is 43.6 Å². The van der Waals surface area contributed by atoms with Crippen molar-refractivity contribution in [2.24, 2.45) is 0 Å². The van der Waals surface area contributed by atoms with Gasteiger partial charge in [-0.3, -0.25) is 4.40 Å². The molecule has 0 atom stereocenters. The number of thiazole rings is 1. The average molecular weight is 280 g/mol. The summed E-state index contributed by atoms with van der Waals surface area (Å²) in [5.41, 5.74) is 0.985. The molecule has 0 unspecified atom stereocenters. The number of carbonyl (C=O) groups is 1. The Balaban J connectivity index is 1.88. The number of aromatic nitrogens is 2. The van der Waals surface area contributed by atoms with Crippen LogP contribution in [-0.2, 0) is 4.74 Å². The lowest BCUT2D eigenvalue weighted by Crippen LogP contribution is -2.04. The molecule has 3 aromatic heterocycles. The van der Waals surface area contributed by atoms with Gasteiger partial charge in [-0.05, 0) is 12.5 Å². The van der Waals surface area contributed by atoms with Crippen molar-refractivity contribution in [3.8, 4) is 0 Å². The Morgan fingerprint density at radius 2 is 2.44 bits per heavy atom. The molecule has 18 heavy (non-hydrogen) atoms. The summed E-state index contributed by atoms with van der Waals surface area (Å²) >= 11 is 2.99. The average Bonchev–Trinajstić information content (AvgIpc) is 2.99. The summed E-state index contributed by atoms with van der Waals surface area (Å²) in [4.78, 5) is 18.8. The summed E-state index contributed by atoms with van der Waals surface area (Å²) < 4.78 is 7.20. The molecule has 0 bridgehead atoms. The van der Waals surface area contributed by atoms with E-state index in [1.54, 1.807) is 11.3 Å². The number of nitrogens with zero attached hydrogens (tertiary/aromatic N) is 2. The molecule has 0 aliphatic carbocycles. The zero-order valence-corrected chi connectivity index (χ0v) is 11.5. The maximum Gasteiger partial charge on any atom is 0.348 e. The van der Waals surface area contributed by atoms with E-state index in [2.05, 4.69) is 11.9 Å². The highest BCUT2D eigenvalue weighted by Gasteiger charge is 2.15. The third-order valence-electron chi connectivity index (χ3n) is 2.67. The van der Waals surface area contributed by atoms with Gasteiger partial charge in [0.05, 0.1) is 12.1 Å². The standard InChI is InChI=1S/C12H12N2O2S2/c1-2-3-5-16-11(15)9-7-8-10(18-9)13-12-14(8)4-6-17-12/h4,6-7H,2-3,5H2,1H3. The predicted molar refractivity (Wildman–Crippen MR) is 73.6 cm³/mol. The van der Waals surface area contributed by atoms with Gasteiger partial charge in [0.1, 0.15) is 9.71 Å². The first-order chi connectivity index (χ1) is 8.79. The molecule has 0 aliphatic heterocycles. The minimum Gasteiger partial charge on any atom is -0.462 e. The van der Waals surface area contributed by atoms with E-state index in [-0.39, 0.29) is 5.97 Å². The molecule has 3 rings (SSSR count). The zero-order chi connectivity index (χ0) is 12.5. The van der Waals surface area contributed by atoms with Gasteiger partial charge in [-0.1, -0.05) is 13.3 Å². The van der Waals surface area contributed by atoms with Crippen LogP contribution in [0.3, 0.4) is 0 Å². The number of esters is 1. The summed E-state index contributed by atoms with van der Waals surface area (Å²) in [5, 5.41) is 1.98. The van der Waals surface area contributed by atoms with Gasteiger partial charge in [-0.2, -0.15) is 0 Å². The summed E-state index contributed by atoms with van der Waals surface area (Å²) in [5.74, 6) is -0.240. The largest absolute Gasteiger partial charge is 0.462 e. The molecule has 3 heterocycles. The Morgan fingerprint density at radius 1 is 1.56 bits per heavy atom. The smallest absolute Gasteiger partial charge is 0.348 e. The number of fused-ring (bicyclic) bond motifs is 3. The van der Waals surface area contributed by atoms with Crippen LogP contribution >= 0.6 is 22.7 Å². The SMILES string of the molecule is CCCCOC(=O)c1cc2c(nc3sccn32)s1. The van der Waals surface area contributed by atoms with Gasteiger partial charge < -0.3 is 4.74 Å². The molecule has 94 valence electrons. The zero-order valence-electron chi connectivity index (χ0n) is 9.88. The molecule has 0 aliphatic rings. The molecule has 3 aromatic rings. The van der Waals surface area contributed by atoms with Crippen molar-refractivity contribution in [3.05, 3.63) is 22.5 Å². The first-order valence-corrected chi connectivity index (χ1v) is 7.51. The number of hydrogen-bond acceptors (Lipinski definition) is 5. The Bertz CT molecular complexity index is 695. The monoisotopic (exact) mass is 280 g/mol. The van der Waals surface area contributed by atoms with Crippen LogP contribution in [0.25, 0.3) is 15.3 Å². The van der Waals surface area contributed by atoms with Crippen molar-refractivity contribution in [2.45, 2.75) is 19.8 Å². The van der Waals surface area contributed by atoms with E-state index in [0.29, 0.717) is 11.5 Å². The second-order valence-electron chi connectivity index (χ2n) is 3.96. The van der Waals surface area contributed by atoms with Crippen LogP contribution in [0.15, 0.2) is 17.6 Å². The molecule has 4 nitrogen and oxygen atoms in total. The Hall–Kier alpha value is -1.40. The van der Waals surface area contributed by atoms with E-state index in [1.807, 2.05) is 22.0 Å². The highest BCUT2D eigenvalue weighted by Crippen LogP contribution is 2.28. The second kappa shape index (κ2) is 4.70. The molecule has 0 saturated heterocycles. The Kier molecular flexibility index (Phi) is 3.05. The summed E-state index contributed by atoms with van der Waals surface area (Å²) in [6, 6.07) is 1.86. The third-order valence-corrected chi connectivity index (χ3v) is 4.43. The minimum atomic E-state index is -0.240. The van der Waals surface area contributed by atoms with Gasteiger partial charge in [0.15, 0.2) is 4.96 Å². The normalized spacial score (nSPS) is 11.4. The lowest BCUT2D eigenvalue weighted by molar-refractivity contribution is 0.0505. The number of ether oxygens (including phenoxy) is 1. The van der Waals surface area contributed by atoms with E-state index in [9.17, 15) is 4.79 Å². The summed E-state index contributed by atoms with van der Waals surface area (Å²) in [7, 11) is 0. The highest BCUT2D eigenvalue weighted by molar-refractivity contribution is 7.21. The molecule has 0 radical (unpaired) electrons. The van der Waals surface area contributed by atoms with Crippen molar-refractivity contribution >= 4 is 44.0 Å². The van der Waals surface area contributed by atoms with Crippen LogP contribution in [0.1, 0.15) is 29.4 Å². The van der Waals surface area contributed by atoms with E-state index in [1.165, 1.54) is 11.3 Å². The fourth-order valence-corrected chi connectivity index (χ4v) is 3.42. The minimum absolute atomic E-state index is 0.240. The van der Waals surface area contributed by atoms with Crippen LogP contribution in [-0.4, -0.2) is 22.0 Å². The van der Waals surface area contributed by atoms with Crippen molar-refractivity contribution < 1.29 is 9.53 Å². The van der Waals surface area contributed by atoms with Crippen molar-refractivity contribution in [2.75, 3.05) is 6.61 Å². The predicted octanol–water partition coefficient (Wildman–Crippen LogP) is 3.57. The lowest BCUT2D eigenvalue weighted by Gasteiger charge is -2.00. The van der Waals surface area contributed by atoms with Crippen molar-refractivity contribution in [1.29, 1.82) is 0 Å². The fraction of sp³-hybridized carbons (Fsp3) is 0.333. The summed E-state index contributed by atoms with van der Waals surface area (Å²) in [6.07, 6.45) is 3.90. The van der Waals surface area contributed by atoms with Crippen LogP contribution in [0.5, 0.6) is 0 Å². The van der Waals surface area contributed by atoms with Crippen LogP contribution in [0, 0.1) is 0 Å². The molecular weight excluding hydrogens is 268 g/mol. The van der Waals surface area contributed by atoms with Gasteiger partial charge >= 0.3 is 5.97 Å². The lowest BCUT2D eigenvalue weighted by atomic mass is 10.4. The molecule has 0 aromatic carbocycles. The first-order valence-electron chi connectivity index (χ1n) is 5.82. The quantitative estimate of drug-likeness (QED) is 0.542. The van der Waals surface area contributed by atoms with E-state index in [4.69, 9.17) is 4.74 Å². The van der Waals surface area contributed by atoms with Crippen LogP contribution in [0.4, 0.5) is 0 Å². The maximum atomic E-state index is 11.8. The second-order valence-corrected chi connectivity index (χ2v) is 5.86. The van der Waals surface area contributed by atoms with E-state index >= 15 is 0 Å². The van der Waals surface area contributed by atoms with Gasteiger partial charge in [-0.25, -0.2) is 9.78 Å².